The van der Waals surface area contributed by atoms with Crippen molar-refractivity contribution in [2.75, 3.05) is 0 Å². The maximum Gasteiger partial charge on any atom is 0.235 e. The molecule has 2 unspecified atom stereocenters. The summed E-state index contributed by atoms with van der Waals surface area (Å²) in [5.74, 6) is -0.760. The van der Waals surface area contributed by atoms with E-state index in [4.69, 9.17) is 11.5 Å². The molecule has 82 valence electrons. The summed E-state index contributed by atoms with van der Waals surface area (Å²) in [7, 11) is -3.72. The number of nitrogens with two attached hydrogens (primary N) is 2. The number of primary amides is 1. The lowest BCUT2D eigenvalue weighted by Crippen LogP contribution is -2.48. The number of sulfonamides is 1. The molecule has 0 bridgehead atoms. The lowest BCUT2D eigenvalue weighted by molar-refractivity contribution is -0.119. The van der Waals surface area contributed by atoms with Crippen molar-refractivity contribution in [1.29, 1.82) is 0 Å². The first-order valence-electron chi connectivity index (χ1n) is 3.78. The van der Waals surface area contributed by atoms with Gasteiger partial charge in [-0.05, 0) is 13.8 Å². The van der Waals surface area contributed by atoms with Gasteiger partial charge >= 0.3 is 0 Å². The molecule has 0 aliphatic rings. The molecule has 0 aromatic heterocycles. The van der Waals surface area contributed by atoms with Gasteiger partial charge in [0.25, 0.3) is 0 Å². The summed E-state index contributed by atoms with van der Waals surface area (Å²) < 4.78 is 24.9. The molecular formula is C6H13N3O3S2. The van der Waals surface area contributed by atoms with Crippen molar-refractivity contribution < 1.29 is 13.2 Å². The number of thiocarbonyl (C=S) groups is 1. The van der Waals surface area contributed by atoms with Crippen LogP contribution in [0.2, 0.25) is 0 Å². The third kappa shape index (κ3) is 3.56. The van der Waals surface area contributed by atoms with Gasteiger partial charge in [-0.15, -0.1) is 0 Å². The van der Waals surface area contributed by atoms with Gasteiger partial charge in [0.1, 0.15) is 5.25 Å². The highest BCUT2D eigenvalue weighted by atomic mass is 32.2. The molecule has 8 heteroatoms. The van der Waals surface area contributed by atoms with E-state index < -0.39 is 27.2 Å². The maximum atomic E-state index is 11.4. The highest BCUT2D eigenvalue weighted by Crippen LogP contribution is 1.99. The molecule has 14 heavy (non-hydrogen) atoms. The van der Waals surface area contributed by atoms with E-state index in [0.29, 0.717) is 0 Å². The molecule has 0 spiro atoms. The molecule has 0 aliphatic carbocycles. The van der Waals surface area contributed by atoms with E-state index in [2.05, 4.69) is 16.9 Å². The van der Waals surface area contributed by atoms with E-state index >= 15 is 0 Å². The second-order valence-corrected chi connectivity index (χ2v) is 5.34. The summed E-state index contributed by atoms with van der Waals surface area (Å²) in [4.78, 5) is 10.4. The lowest BCUT2D eigenvalue weighted by atomic mass is 10.4. The van der Waals surface area contributed by atoms with E-state index in [1.807, 2.05) is 0 Å². The average molecular weight is 239 g/mol. The quantitative estimate of drug-likeness (QED) is 0.503. The molecule has 1 amide bonds. The first kappa shape index (κ1) is 13.3. The van der Waals surface area contributed by atoms with Crippen LogP contribution in [0, 0.1) is 0 Å². The van der Waals surface area contributed by atoms with Crippen molar-refractivity contribution in [1.82, 2.24) is 4.72 Å². The predicted molar refractivity (Wildman–Crippen MR) is 57.0 cm³/mol. The van der Waals surface area contributed by atoms with Crippen molar-refractivity contribution in [3.8, 4) is 0 Å². The number of amides is 1. The molecule has 0 aromatic carbocycles. The Morgan fingerprint density at radius 2 is 1.79 bits per heavy atom. The van der Waals surface area contributed by atoms with Gasteiger partial charge in [-0.3, -0.25) is 4.79 Å². The van der Waals surface area contributed by atoms with Gasteiger partial charge in [-0.25, -0.2) is 13.1 Å². The standard InChI is InChI=1S/C6H13N3O3S2/c1-3(5(7)10)9-14(11,12)4(2)6(8)13/h3-4,9H,1-2H3,(H2,7,10)(H2,8,13). The van der Waals surface area contributed by atoms with E-state index in [0.717, 1.165) is 0 Å². The van der Waals surface area contributed by atoms with Gasteiger partial charge in [0.2, 0.25) is 15.9 Å². The molecule has 0 radical (unpaired) electrons. The first-order chi connectivity index (χ1) is 6.18. The topological polar surface area (TPSA) is 115 Å². The monoisotopic (exact) mass is 239 g/mol. The molecule has 0 saturated carbocycles. The number of hydrogen-bond donors (Lipinski definition) is 3. The summed E-state index contributed by atoms with van der Waals surface area (Å²) in [6.45, 7) is 2.67. The fraction of sp³-hybridized carbons (Fsp3) is 0.667. The van der Waals surface area contributed by atoms with Crippen LogP contribution in [0.15, 0.2) is 0 Å². The minimum absolute atomic E-state index is 0.158. The number of rotatable bonds is 5. The van der Waals surface area contributed by atoms with Crippen molar-refractivity contribution in [3.05, 3.63) is 0 Å². The molecule has 0 saturated heterocycles. The van der Waals surface area contributed by atoms with Crippen molar-refractivity contribution in [2.45, 2.75) is 25.1 Å². The Bertz CT molecular complexity index is 338. The van der Waals surface area contributed by atoms with E-state index in [1.165, 1.54) is 13.8 Å². The molecule has 5 N–H and O–H groups in total. The van der Waals surface area contributed by atoms with Crippen LogP contribution < -0.4 is 16.2 Å². The zero-order valence-corrected chi connectivity index (χ0v) is 9.48. The number of nitrogens with one attached hydrogen (secondary N) is 1. The Balaban J connectivity index is 4.67. The highest BCUT2D eigenvalue weighted by molar-refractivity contribution is 7.93. The summed E-state index contributed by atoms with van der Waals surface area (Å²) >= 11 is 4.53. The zero-order valence-electron chi connectivity index (χ0n) is 7.85. The third-order valence-electron chi connectivity index (χ3n) is 1.63. The minimum atomic E-state index is -3.72. The van der Waals surface area contributed by atoms with Crippen LogP contribution in [0.1, 0.15) is 13.8 Å². The fourth-order valence-corrected chi connectivity index (χ4v) is 2.06. The van der Waals surface area contributed by atoms with Gasteiger partial charge < -0.3 is 11.5 Å². The van der Waals surface area contributed by atoms with Crippen LogP contribution in [0.4, 0.5) is 0 Å². The molecular weight excluding hydrogens is 226 g/mol. The van der Waals surface area contributed by atoms with Crippen LogP contribution in [-0.2, 0) is 14.8 Å². The summed E-state index contributed by atoms with van der Waals surface area (Å²) in [6.07, 6.45) is 0. The van der Waals surface area contributed by atoms with Crippen molar-refractivity contribution in [2.24, 2.45) is 11.5 Å². The molecule has 0 heterocycles. The van der Waals surface area contributed by atoms with E-state index in [9.17, 15) is 13.2 Å². The molecule has 0 fully saturated rings. The van der Waals surface area contributed by atoms with E-state index in [1.54, 1.807) is 0 Å². The second kappa shape index (κ2) is 4.67. The van der Waals surface area contributed by atoms with Gasteiger partial charge in [0, 0.05) is 0 Å². The second-order valence-electron chi connectivity index (χ2n) is 2.83. The largest absolute Gasteiger partial charge is 0.392 e. The normalized spacial score (nSPS) is 15.9. The maximum absolute atomic E-state index is 11.4. The Kier molecular flexibility index (Phi) is 4.43. The first-order valence-corrected chi connectivity index (χ1v) is 5.73. The van der Waals surface area contributed by atoms with Crippen LogP contribution >= 0.6 is 12.2 Å². The molecule has 0 aromatic rings. The molecule has 6 nitrogen and oxygen atoms in total. The third-order valence-corrected chi connectivity index (χ3v) is 4.00. The SMILES string of the molecule is CC(NS(=O)(=O)C(C)C(N)=S)C(N)=O. The van der Waals surface area contributed by atoms with Crippen LogP contribution in [0.3, 0.4) is 0 Å². The zero-order chi connectivity index (χ0) is 11.5. The predicted octanol–water partition coefficient (Wildman–Crippen LogP) is -1.55. The Labute approximate surface area is 88.1 Å². The Morgan fingerprint density at radius 3 is 2.07 bits per heavy atom. The molecule has 2 atom stereocenters. The van der Waals surface area contributed by atoms with Crippen molar-refractivity contribution >= 4 is 33.1 Å². The summed E-state index contributed by atoms with van der Waals surface area (Å²) in [5, 5.41) is -1.03. The van der Waals surface area contributed by atoms with Gasteiger partial charge in [0.15, 0.2) is 0 Å². The van der Waals surface area contributed by atoms with Gasteiger partial charge in [-0.2, -0.15) is 0 Å². The lowest BCUT2D eigenvalue weighted by Gasteiger charge is -2.15. The summed E-state index contributed by atoms with van der Waals surface area (Å²) in [5.41, 5.74) is 10.1. The van der Waals surface area contributed by atoms with E-state index in [-0.39, 0.29) is 4.99 Å². The number of carbonyl (C=O) groups excluding carboxylic acids is 1. The van der Waals surface area contributed by atoms with Crippen molar-refractivity contribution in [3.63, 3.8) is 0 Å². The van der Waals surface area contributed by atoms with Gasteiger partial charge in [0.05, 0.1) is 11.0 Å². The molecule has 0 rings (SSSR count). The van der Waals surface area contributed by atoms with Crippen LogP contribution in [-0.4, -0.2) is 30.6 Å². The summed E-state index contributed by atoms with van der Waals surface area (Å²) in [6, 6.07) is -0.975. The number of carbonyl (C=O) groups is 1. The fourth-order valence-electron chi connectivity index (χ4n) is 0.559. The molecule has 0 aliphatic heterocycles. The van der Waals surface area contributed by atoms with Crippen LogP contribution in [0.5, 0.6) is 0 Å². The smallest absolute Gasteiger partial charge is 0.235 e. The van der Waals surface area contributed by atoms with Crippen LogP contribution in [0.25, 0.3) is 0 Å². The average Bonchev–Trinajstić information content (AvgIpc) is 2.01. The highest BCUT2D eigenvalue weighted by Gasteiger charge is 2.26. The minimum Gasteiger partial charge on any atom is -0.392 e. The number of hydrogen-bond acceptors (Lipinski definition) is 4. The van der Waals surface area contributed by atoms with Gasteiger partial charge in [-0.1, -0.05) is 12.2 Å². The Morgan fingerprint density at radius 1 is 1.36 bits per heavy atom. The Hall–Kier alpha value is -0.730.